The van der Waals surface area contributed by atoms with E-state index in [1.807, 2.05) is 0 Å². The first kappa shape index (κ1) is 8.97. The Morgan fingerprint density at radius 1 is 1.00 bits per heavy atom. The Bertz CT molecular complexity index is 93.5. The van der Waals surface area contributed by atoms with Gasteiger partial charge in [-0.15, -0.1) is 0 Å². The summed E-state index contributed by atoms with van der Waals surface area (Å²) in [5.41, 5.74) is 0. The minimum atomic E-state index is 0.435. The fraction of sp³-hybridized carbons (Fsp3) is 1.00. The molecule has 1 heterocycles. The van der Waals surface area contributed by atoms with E-state index in [4.69, 9.17) is 14.2 Å². The first-order valence-electron chi connectivity index (χ1n) is 4.02. The van der Waals surface area contributed by atoms with Gasteiger partial charge < -0.3 is 14.2 Å². The van der Waals surface area contributed by atoms with E-state index in [1.54, 1.807) is 14.2 Å². The van der Waals surface area contributed by atoms with E-state index in [0.29, 0.717) is 12.2 Å². The van der Waals surface area contributed by atoms with E-state index in [-0.39, 0.29) is 0 Å². The number of hydrogen-bond acceptors (Lipinski definition) is 3. The molecule has 1 rings (SSSR count). The standard InChI is InChI=1S/C8H16O3/c1-9-5-3-7-8(11-7)4-6-10-2/h7-8H,3-6H2,1-2H3. The zero-order chi connectivity index (χ0) is 8.10. The highest BCUT2D eigenvalue weighted by Crippen LogP contribution is 2.27. The molecule has 66 valence electrons. The third kappa shape index (κ3) is 3.18. The van der Waals surface area contributed by atoms with Gasteiger partial charge in [0.1, 0.15) is 0 Å². The van der Waals surface area contributed by atoms with Crippen LogP contribution >= 0.6 is 0 Å². The summed E-state index contributed by atoms with van der Waals surface area (Å²) in [6.07, 6.45) is 2.91. The summed E-state index contributed by atoms with van der Waals surface area (Å²) in [4.78, 5) is 0. The molecule has 3 nitrogen and oxygen atoms in total. The molecule has 0 spiro atoms. The molecule has 0 aromatic heterocycles. The number of rotatable bonds is 6. The van der Waals surface area contributed by atoms with Crippen molar-refractivity contribution < 1.29 is 14.2 Å². The summed E-state index contributed by atoms with van der Waals surface area (Å²) in [7, 11) is 3.43. The average molecular weight is 160 g/mol. The summed E-state index contributed by atoms with van der Waals surface area (Å²) in [6.45, 7) is 1.60. The van der Waals surface area contributed by atoms with Crippen molar-refractivity contribution >= 4 is 0 Å². The van der Waals surface area contributed by atoms with Gasteiger partial charge in [0.2, 0.25) is 0 Å². The van der Waals surface area contributed by atoms with Gasteiger partial charge in [-0.2, -0.15) is 0 Å². The van der Waals surface area contributed by atoms with Gasteiger partial charge in [0.15, 0.2) is 0 Å². The number of hydrogen-bond donors (Lipinski definition) is 0. The third-order valence-corrected chi connectivity index (χ3v) is 1.90. The van der Waals surface area contributed by atoms with Gasteiger partial charge in [0.25, 0.3) is 0 Å². The summed E-state index contributed by atoms with van der Waals surface area (Å²) in [6, 6.07) is 0. The minimum absolute atomic E-state index is 0.435. The Morgan fingerprint density at radius 3 is 1.82 bits per heavy atom. The lowest BCUT2D eigenvalue weighted by atomic mass is 10.2. The molecule has 0 radical (unpaired) electrons. The Kier molecular flexibility index (Phi) is 3.83. The first-order chi connectivity index (χ1) is 5.38. The van der Waals surface area contributed by atoms with Gasteiger partial charge in [-0.05, 0) is 12.8 Å². The highest BCUT2D eigenvalue weighted by molar-refractivity contribution is 4.84. The zero-order valence-electron chi connectivity index (χ0n) is 7.21. The molecule has 1 fully saturated rings. The van der Waals surface area contributed by atoms with Gasteiger partial charge in [0, 0.05) is 27.4 Å². The van der Waals surface area contributed by atoms with Crippen LogP contribution in [-0.2, 0) is 14.2 Å². The van der Waals surface area contributed by atoms with E-state index < -0.39 is 0 Å². The summed E-state index contributed by atoms with van der Waals surface area (Å²) >= 11 is 0. The maximum absolute atomic E-state index is 5.36. The molecule has 0 aliphatic carbocycles. The largest absolute Gasteiger partial charge is 0.385 e. The monoisotopic (exact) mass is 160 g/mol. The van der Waals surface area contributed by atoms with Crippen molar-refractivity contribution in [2.45, 2.75) is 25.0 Å². The predicted molar refractivity (Wildman–Crippen MR) is 41.6 cm³/mol. The van der Waals surface area contributed by atoms with Crippen molar-refractivity contribution in [1.29, 1.82) is 0 Å². The molecule has 2 unspecified atom stereocenters. The van der Waals surface area contributed by atoms with Crippen LogP contribution in [0.5, 0.6) is 0 Å². The summed E-state index contributed by atoms with van der Waals surface area (Å²) < 4.78 is 15.2. The van der Waals surface area contributed by atoms with Crippen LogP contribution in [-0.4, -0.2) is 39.6 Å². The third-order valence-electron chi connectivity index (χ3n) is 1.90. The summed E-state index contributed by atoms with van der Waals surface area (Å²) in [5, 5.41) is 0. The van der Waals surface area contributed by atoms with Crippen molar-refractivity contribution in [3.63, 3.8) is 0 Å². The maximum Gasteiger partial charge on any atom is 0.0864 e. The fourth-order valence-electron chi connectivity index (χ4n) is 1.16. The lowest BCUT2D eigenvalue weighted by Crippen LogP contribution is -2.01. The molecule has 2 atom stereocenters. The molecule has 0 saturated carbocycles. The molecule has 0 N–H and O–H groups in total. The molecule has 1 aliphatic rings. The Morgan fingerprint density at radius 2 is 1.45 bits per heavy atom. The molecule has 1 aliphatic heterocycles. The summed E-state index contributed by atoms with van der Waals surface area (Å²) in [5.74, 6) is 0. The highest BCUT2D eigenvalue weighted by atomic mass is 16.6. The average Bonchev–Trinajstić information content (AvgIpc) is 2.76. The maximum atomic E-state index is 5.36. The van der Waals surface area contributed by atoms with Gasteiger partial charge in [-0.1, -0.05) is 0 Å². The van der Waals surface area contributed by atoms with Gasteiger partial charge in [0.05, 0.1) is 12.2 Å². The van der Waals surface area contributed by atoms with E-state index >= 15 is 0 Å². The molecular formula is C8H16O3. The Hall–Kier alpha value is -0.120. The second-order valence-corrected chi connectivity index (χ2v) is 2.78. The first-order valence-corrected chi connectivity index (χ1v) is 4.02. The van der Waals surface area contributed by atoms with Gasteiger partial charge in [-0.3, -0.25) is 0 Å². The molecule has 0 bridgehead atoms. The van der Waals surface area contributed by atoms with Crippen LogP contribution in [0.2, 0.25) is 0 Å². The molecule has 0 amide bonds. The van der Waals surface area contributed by atoms with E-state index in [2.05, 4.69) is 0 Å². The topological polar surface area (TPSA) is 31.0 Å². The van der Waals surface area contributed by atoms with Crippen molar-refractivity contribution in [2.75, 3.05) is 27.4 Å². The minimum Gasteiger partial charge on any atom is -0.385 e. The van der Waals surface area contributed by atoms with E-state index in [1.165, 1.54) is 0 Å². The van der Waals surface area contributed by atoms with Crippen LogP contribution in [0, 0.1) is 0 Å². The fourth-order valence-corrected chi connectivity index (χ4v) is 1.16. The SMILES string of the molecule is COCCC1OC1CCOC. The predicted octanol–water partition coefficient (Wildman–Crippen LogP) is 0.827. The van der Waals surface area contributed by atoms with E-state index in [0.717, 1.165) is 26.1 Å². The zero-order valence-corrected chi connectivity index (χ0v) is 7.21. The molecule has 1 saturated heterocycles. The number of ether oxygens (including phenoxy) is 3. The lowest BCUT2D eigenvalue weighted by molar-refractivity contribution is 0.181. The van der Waals surface area contributed by atoms with Crippen molar-refractivity contribution in [1.82, 2.24) is 0 Å². The van der Waals surface area contributed by atoms with Crippen molar-refractivity contribution in [2.24, 2.45) is 0 Å². The molecule has 3 heteroatoms. The molecule has 0 aromatic carbocycles. The number of epoxide rings is 1. The Balaban J connectivity index is 1.89. The highest BCUT2D eigenvalue weighted by Gasteiger charge is 2.37. The van der Waals surface area contributed by atoms with Crippen LogP contribution in [0.25, 0.3) is 0 Å². The van der Waals surface area contributed by atoms with Crippen molar-refractivity contribution in [3.8, 4) is 0 Å². The lowest BCUT2D eigenvalue weighted by Gasteiger charge is -1.94. The molecule has 0 aromatic rings. The van der Waals surface area contributed by atoms with Crippen LogP contribution in [0.3, 0.4) is 0 Å². The molecule has 11 heavy (non-hydrogen) atoms. The normalized spacial score (nSPS) is 28.9. The smallest absolute Gasteiger partial charge is 0.0864 e. The van der Waals surface area contributed by atoms with E-state index in [9.17, 15) is 0 Å². The van der Waals surface area contributed by atoms with Gasteiger partial charge in [-0.25, -0.2) is 0 Å². The second kappa shape index (κ2) is 4.70. The van der Waals surface area contributed by atoms with Crippen LogP contribution < -0.4 is 0 Å². The number of methoxy groups -OCH3 is 2. The van der Waals surface area contributed by atoms with Crippen LogP contribution in [0.15, 0.2) is 0 Å². The quantitative estimate of drug-likeness (QED) is 0.539. The molecular weight excluding hydrogens is 144 g/mol. The second-order valence-electron chi connectivity index (χ2n) is 2.78. The van der Waals surface area contributed by atoms with Gasteiger partial charge >= 0.3 is 0 Å². The van der Waals surface area contributed by atoms with Crippen molar-refractivity contribution in [3.05, 3.63) is 0 Å². The van der Waals surface area contributed by atoms with Crippen LogP contribution in [0.4, 0.5) is 0 Å². The van der Waals surface area contributed by atoms with Crippen LogP contribution in [0.1, 0.15) is 12.8 Å². The Labute approximate surface area is 67.6 Å².